The zero-order valence-electron chi connectivity index (χ0n) is 18.2. The van der Waals surface area contributed by atoms with Crippen LogP contribution in [0.5, 0.6) is 5.75 Å². The van der Waals surface area contributed by atoms with Gasteiger partial charge in [-0.3, -0.25) is 4.99 Å². The first-order chi connectivity index (χ1) is 14.0. The molecule has 0 aliphatic carbocycles. The Morgan fingerprint density at radius 2 is 2.07 bits per heavy atom. The highest BCUT2D eigenvalue weighted by atomic mass is 127. The Morgan fingerprint density at radius 3 is 2.73 bits per heavy atom. The number of guanidine groups is 1. The van der Waals surface area contributed by atoms with Crippen molar-refractivity contribution in [2.24, 2.45) is 4.99 Å². The van der Waals surface area contributed by atoms with Gasteiger partial charge in [0.25, 0.3) is 0 Å². The van der Waals surface area contributed by atoms with Gasteiger partial charge < -0.3 is 24.3 Å². The largest absolute Gasteiger partial charge is 0.490 e. The Morgan fingerprint density at radius 1 is 1.27 bits per heavy atom. The van der Waals surface area contributed by atoms with E-state index in [0.717, 1.165) is 58.4 Å². The number of hydrogen-bond donors (Lipinski definition) is 2. The van der Waals surface area contributed by atoms with Crippen LogP contribution in [0.2, 0.25) is 0 Å². The predicted octanol–water partition coefficient (Wildman–Crippen LogP) is 4.91. The van der Waals surface area contributed by atoms with Crippen molar-refractivity contribution in [3.8, 4) is 5.75 Å². The number of furan rings is 1. The van der Waals surface area contributed by atoms with Crippen LogP contribution < -0.4 is 15.4 Å². The molecule has 8 heteroatoms. The molecule has 2 N–H and O–H groups in total. The molecule has 164 valence electrons. The zero-order chi connectivity index (χ0) is 20.8. The van der Waals surface area contributed by atoms with Crippen molar-refractivity contribution in [2.45, 2.75) is 47.1 Å². The lowest BCUT2D eigenvalue weighted by Gasteiger charge is -2.16. The van der Waals surface area contributed by atoms with Crippen molar-refractivity contribution in [3.05, 3.63) is 47.0 Å². The van der Waals surface area contributed by atoms with Gasteiger partial charge in [0.15, 0.2) is 17.3 Å². The van der Waals surface area contributed by atoms with Crippen LogP contribution >= 0.6 is 24.0 Å². The number of fused-ring (bicyclic) bond motifs is 1. The zero-order valence-corrected chi connectivity index (χ0v) is 20.6. The van der Waals surface area contributed by atoms with Gasteiger partial charge in [-0.2, -0.15) is 0 Å². The molecule has 0 aliphatic rings. The van der Waals surface area contributed by atoms with Crippen LogP contribution in [0.25, 0.3) is 11.0 Å². The summed E-state index contributed by atoms with van der Waals surface area (Å²) in [6, 6.07) is 7.93. The fraction of sp³-hybridized carbons (Fsp3) is 0.455. The predicted molar refractivity (Wildman–Crippen MR) is 130 cm³/mol. The van der Waals surface area contributed by atoms with Gasteiger partial charge in [0.2, 0.25) is 0 Å². The number of para-hydroxylation sites is 1. The number of ether oxygens (including phenoxy) is 1. The molecule has 2 aromatic heterocycles. The number of halogens is 1. The number of nitrogens with zero attached hydrogens (tertiary/aromatic N) is 2. The maximum absolute atomic E-state index is 6.10. The summed E-state index contributed by atoms with van der Waals surface area (Å²) in [7, 11) is 0. The molecule has 0 amide bonds. The molecule has 0 bridgehead atoms. The highest BCUT2D eigenvalue weighted by Crippen LogP contribution is 2.31. The smallest absolute Gasteiger partial charge is 0.191 e. The first-order valence-corrected chi connectivity index (χ1v) is 10.1. The number of nitrogens with one attached hydrogen (secondary N) is 2. The highest BCUT2D eigenvalue weighted by molar-refractivity contribution is 14.0. The first kappa shape index (κ1) is 24.0. The average molecular weight is 526 g/mol. The minimum absolute atomic E-state index is 0. The Bertz CT molecular complexity index is 961. The lowest BCUT2D eigenvalue weighted by Crippen LogP contribution is -2.38. The van der Waals surface area contributed by atoms with Gasteiger partial charge in [-0.25, -0.2) is 0 Å². The molecule has 3 aromatic rings. The van der Waals surface area contributed by atoms with E-state index in [4.69, 9.17) is 18.7 Å². The van der Waals surface area contributed by atoms with Crippen molar-refractivity contribution in [2.75, 3.05) is 19.7 Å². The molecule has 7 nitrogen and oxygen atoms in total. The topological polar surface area (TPSA) is 84.8 Å². The van der Waals surface area contributed by atoms with Gasteiger partial charge in [0.05, 0.1) is 18.3 Å². The molecule has 2 heterocycles. The van der Waals surface area contributed by atoms with E-state index in [0.29, 0.717) is 13.2 Å². The van der Waals surface area contributed by atoms with E-state index in [-0.39, 0.29) is 30.0 Å². The van der Waals surface area contributed by atoms with Crippen molar-refractivity contribution in [1.29, 1.82) is 0 Å². The molecule has 1 unspecified atom stereocenters. The molecule has 0 saturated carbocycles. The maximum atomic E-state index is 6.10. The number of aliphatic imine (C=N–C) groups is 1. The summed E-state index contributed by atoms with van der Waals surface area (Å²) in [6.45, 7) is 12.0. The molecule has 0 saturated heterocycles. The molecule has 0 aliphatic heterocycles. The normalized spacial score (nSPS) is 12.5. The minimum atomic E-state index is -0.0475. The monoisotopic (exact) mass is 526 g/mol. The molecular weight excluding hydrogens is 495 g/mol. The van der Waals surface area contributed by atoms with Gasteiger partial charge >= 0.3 is 0 Å². The van der Waals surface area contributed by atoms with E-state index in [1.54, 1.807) is 0 Å². The second-order valence-electron chi connectivity index (χ2n) is 6.94. The summed E-state index contributed by atoms with van der Waals surface area (Å²) in [5.74, 6) is 3.21. The van der Waals surface area contributed by atoms with Crippen LogP contribution in [0.15, 0.2) is 38.2 Å². The van der Waals surface area contributed by atoms with Gasteiger partial charge in [0.1, 0.15) is 11.5 Å². The highest BCUT2D eigenvalue weighted by Gasteiger charge is 2.16. The van der Waals surface area contributed by atoms with Crippen LogP contribution in [0, 0.1) is 13.8 Å². The third-order valence-electron chi connectivity index (χ3n) is 4.76. The van der Waals surface area contributed by atoms with Crippen LogP contribution in [0.3, 0.4) is 0 Å². The van der Waals surface area contributed by atoms with E-state index in [1.807, 2.05) is 52.0 Å². The summed E-state index contributed by atoms with van der Waals surface area (Å²) < 4.78 is 17.0. The SMILES string of the molecule is CCNC(=NCCc1c(C)noc1C)NC(C)c1cc2cccc(OCC)c2o1.I. The fourth-order valence-electron chi connectivity index (χ4n) is 3.27. The van der Waals surface area contributed by atoms with Crippen molar-refractivity contribution < 1.29 is 13.7 Å². The van der Waals surface area contributed by atoms with Crippen molar-refractivity contribution in [3.63, 3.8) is 0 Å². The molecule has 1 atom stereocenters. The van der Waals surface area contributed by atoms with Crippen LogP contribution in [0.4, 0.5) is 0 Å². The Balaban J connectivity index is 0.00000320. The molecule has 0 fully saturated rings. The number of hydrogen-bond acceptors (Lipinski definition) is 5. The van der Waals surface area contributed by atoms with Crippen LogP contribution in [-0.4, -0.2) is 30.8 Å². The second-order valence-corrected chi connectivity index (χ2v) is 6.94. The molecule has 1 aromatic carbocycles. The number of aromatic nitrogens is 1. The second kappa shape index (κ2) is 11.2. The van der Waals surface area contributed by atoms with E-state index in [9.17, 15) is 0 Å². The summed E-state index contributed by atoms with van der Waals surface area (Å²) >= 11 is 0. The first-order valence-electron chi connectivity index (χ1n) is 10.1. The minimum Gasteiger partial charge on any atom is -0.490 e. The maximum Gasteiger partial charge on any atom is 0.191 e. The Kier molecular flexibility index (Phi) is 9.01. The Labute approximate surface area is 194 Å². The van der Waals surface area contributed by atoms with Gasteiger partial charge in [-0.15, -0.1) is 24.0 Å². The molecule has 3 rings (SSSR count). The van der Waals surface area contributed by atoms with Crippen molar-refractivity contribution in [1.82, 2.24) is 15.8 Å². The third-order valence-corrected chi connectivity index (χ3v) is 4.76. The standard InChI is InChI=1S/C22H30N4O3.HI/c1-6-23-22(24-12-11-18-14(3)26-29-16(18)5)25-15(4)20-13-17-9-8-10-19(27-7-2)21(17)28-20;/h8-10,13,15H,6-7,11-12H2,1-5H3,(H2,23,24,25);1H. The van der Waals surface area contributed by atoms with E-state index >= 15 is 0 Å². The Hall–Kier alpha value is -2.23. The number of rotatable bonds is 8. The van der Waals surface area contributed by atoms with E-state index in [2.05, 4.69) is 22.7 Å². The van der Waals surface area contributed by atoms with Gasteiger partial charge in [-0.05, 0) is 53.2 Å². The summed E-state index contributed by atoms with van der Waals surface area (Å²) in [6.07, 6.45) is 0.786. The number of benzene rings is 1. The quantitative estimate of drug-likeness (QED) is 0.247. The molecule has 0 radical (unpaired) electrons. The van der Waals surface area contributed by atoms with Crippen molar-refractivity contribution >= 4 is 40.9 Å². The van der Waals surface area contributed by atoms with Gasteiger partial charge in [0, 0.05) is 24.0 Å². The van der Waals surface area contributed by atoms with Gasteiger partial charge in [-0.1, -0.05) is 17.3 Å². The molecule has 0 spiro atoms. The third kappa shape index (κ3) is 5.68. The summed E-state index contributed by atoms with van der Waals surface area (Å²) in [5.41, 5.74) is 2.83. The summed E-state index contributed by atoms with van der Waals surface area (Å²) in [5, 5.41) is 11.7. The average Bonchev–Trinajstić information content (AvgIpc) is 3.27. The van der Waals surface area contributed by atoms with Crippen LogP contribution in [0.1, 0.15) is 49.6 Å². The number of aryl methyl sites for hydroxylation is 2. The molecular formula is C22H31IN4O3. The lowest BCUT2D eigenvalue weighted by atomic mass is 10.1. The fourth-order valence-corrected chi connectivity index (χ4v) is 3.27. The van der Waals surface area contributed by atoms with E-state index in [1.165, 1.54) is 0 Å². The summed E-state index contributed by atoms with van der Waals surface area (Å²) in [4.78, 5) is 4.70. The van der Waals surface area contributed by atoms with E-state index < -0.39 is 0 Å². The van der Waals surface area contributed by atoms with Crippen LogP contribution in [-0.2, 0) is 6.42 Å². The lowest BCUT2D eigenvalue weighted by molar-refractivity contribution is 0.336. The molecule has 30 heavy (non-hydrogen) atoms.